The summed E-state index contributed by atoms with van der Waals surface area (Å²) < 4.78 is 33.7. The van der Waals surface area contributed by atoms with Gasteiger partial charge in [-0.1, -0.05) is 6.07 Å². The fourth-order valence-electron chi connectivity index (χ4n) is 2.54. The zero-order chi connectivity index (χ0) is 20.1. The second kappa shape index (κ2) is 8.55. The Kier molecular flexibility index (Phi) is 6.12. The highest BCUT2D eigenvalue weighted by atomic mass is 32.2. The number of nitrogens with zero attached hydrogens (tertiary/aromatic N) is 2. The van der Waals surface area contributed by atoms with Crippen LogP contribution in [0.1, 0.15) is 5.69 Å². The summed E-state index contributed by atoms with van der Waals surface area (Å²) in [6.07, 6.45) is -0.620. The molecule has 3 aromatic rings. The highest BCUT2D eigenvalue weighted by Gasteiger charge is 2.14. The lowest BCUT2D eigenvalue weighted by Gasteiger charge is -2.09. The number of hydrogen-bond donors (Lipinski definition) is 2. The van der Waals surface area contributed by atoms with E-state index in [0.29, 0.717) is 12.2 Å². The maximum Gasteiger partial charge on any atom is 0.411 e. The Morgan fingerprint density at radius 2 is 2.00 bits per heavy atom. The number of aromatic nitrogens is 2. The van der Waals surface area contributed by atoms with Crippen molar-refractivity contribution in [2.45, 2.75) is 18.4 Å². The molecule has 2 aromatic heterocycles. The molecule has 3 rings (SSSR count). The SMILES string of the molecule is COC(=O)Nc1ccc(S(=O)(=O)NCCn2nc(-c3cccs3)cc2C)cc1. The minimum absolute atomic E-state index is 0.111. The number of carbonyl (C=O) groups is 1. The van der Waals surface area contributed by atoms with Crippen LogP contribution in [0.5, 0.6) is 0 Å². The molecule has 0 unspecified atom stereocenters. The molecular weight excluding hydrogens is 400 g/mol. The quantitative estimate of drug-likeness (QED) is 0.612. The molecule has 1 amide bonds. The van der Waals surface area contributed by atoms with Gasteiger partial charge in [0.1, 0.15) is 5.69 Å². The molecule has 0 aliphatic rings. The van der Waals surface area contributed by atoms with E-state index in [4.69, 9.17) is 0 Å². The third-order valence-corrected chi connectivity index (χ3v) is 6.34. The summed E-state index contributed by atoms with van der Waals surface area (Å²) >= 11 is 1.61. The predicted octanol–water partition coefficient (Wildman–Crippen LogP) is 3.08. The van der Waals surface area contributed by atoms with E-state index in [1.807, 2.05) is 30.5 Å². The number of rotatable bonds is 7. The van der Waals surface area contributed by atoms with E-state index >= 15 is 0 Å². The number of methoxy groups -OCH3 is 1. The molecule has 1 aromatic carbocycles. The molecule has 0 saturated heterocycles. The molecule has 0 radical (unpaired) electrons. The third-order valence-electron chi connectivity index (χ3n) is 3.97. The Labute approximate surface area is 167 Å². The van der Waals surface area contributed by atoms with E-state index in [0.717, 1.165) is 16.3 Å². The van der Waals surface area contributed by atoms with Crippen LogP contribution in [0.4, 0.5) is 10.5 Å². The van der Waals surface area contributed by atoms with Gasteiger partial charge in [0.2, 0.25) is 10.0 Å². The predicted molar refractivity (Wildman–Crippen MR) is 108 cm³/mol. The lowest BCUT2D eigenvalue weighted by Crippen LogP contribution is -2.28. The highest BCUT2D eigenvalue weighted by Crippen LogP contribution is 2.23. The van der Waals surface area contributed by atoms with E-state index in [2.05, 4.69) is 19.9 Å². The van der Waals surface area contributed by atoms with Gasteiger partial charge < -0.3 is 4.74 Å². The molecule has 0 saturated carbocycles. The van der Waals surface area contributed by atoms with Crippen molar-refractivity contribution in [2.75, 3.05) is 19.0 Å². The van der Waals surface area contributed by atoms with Gasteiger partial charge in [-0.3, -0.25) is 10.00 Å². The van der Waals surface area contributed by atoms with Gasteiger partial charge in [0.25, 0.3) is 0 Å². The summed E-state index contributed by atoms with van der Waals surface area (Å²) in [6.45, 7) is 2.56. The van der Waals surface area contributed by atoms with Crippen LogP contribution >= 0.6 is 11.3 Å². The minimum atomic E-state index is -3.66. The normalized spacial score (nSPS) is 11.4. The third kappa shape index (κ3) is 4.77. The van der Waals surface area contributed by atoms with Crippen molar-refractivity contribution in [3.05, 3.63) is 53.5 Å². The van der Waals surface area contributed by atoms with Gasteiger partial charge in [0, 0.05) is 17.9 Å². The minimum Gasteiger partial charge on any atom is -0.453 e. The van der Waals surface area contributed by atoms with Crippen molar-refractivity contribution in [2.24, 2.45) is 0 Å². The number of nitrogens with one attached hydrogen (secondary N) is 2. The number of benzene rings is 1. The zero-order valence-electron chi connectivity index (χ0n) is 15.4. The summed E-state index contributed by atoms with van der Waals surface area (Å²) in [6, 6.07) is 11.8. The summed E-state index contributed by atoms with van der Waals surface area (Å²) in [5.74, 6) is 0. The molecule has 28 heavy (non-hydrogen) atoms. The van der Waals surface area contributed by atoms with E-state index < -0.39 is 16.1 Å². The molecule has 0 bridgehead atoms. The number of sulfonamides is 1. The van der Waals surface area contributed by atoms with Gasteiger partial charge in [-0.25, -0.2) is 17.9 Å². The summed E-state index contributed by atoms with van der Waals surface area (Å²) in [5, 5.41) is 8.99. The van der Waals surface area contributed by atoms with Crippen LogP contribution in [0.15, 0.2) is 52.7 Å². The van der Waals surface area contributed by atoms with Crippen LogP contribution < -0.4 is 10.0 Å². The number of thiophene rings is 1. The Balaban J connectivity index is 1.60. The van der Waals surface area contributed by atoms with E-state index in [-0.39, 0.29) is 11.4 Å². The first-order valence-corrected chi connectivity index (χ1v) is 10.8. The number of carbonyl (C=O) groups excluding carboxylic acids is 1. The molecule has 0 aliphatic heterocycles. The van der Waals surface area contributed by atoms with Gasteiger partial charge in [0.15, 0.2) is 0 Å². The molecule has 0 atom stereocenters. The lowest BCUT2D eigenvalue weighted by atomic mass is 10.3. The molecule has 10 heteroatoms. The molecular formula is C18H20N4O4S2. The van der Waals surface area contributed by atoms with Crippen molar-refractivity contribution in [3.8, 4) is 10.6 Å². The van der Waals surface area contributed by atoms with Gasteiger partial charge >= 0.3 is 6.09 Å². The smallest absolute Gasteiger partial charge is 0.411 e. The summed E-state index contributed by atoms with van der Waals surface area (Å²) in [4.78, 5) is 12.4. The van der Waals surface area contributed by atoms with Crippen LogP contribution in [0.2, 0.25) is 0 Å². The van der Waals surface area contributed by atoms with Crippen molar-refractivity contribution >= 4 is 33.1 Å². The lowest BCUT2D eigenvalue weighted by molar-refractivity contribution is 0.187. The maximum absolute atomic E-state index is 12.4. The first-order valence-electron chi connectivity index (χ1n) is 8.42. The van der Waals surface area contributed by atoms with Crippen molar-refractivity contribution in [1.82, 2.24) is 14.5 Å². The maximum atomic E-state index is 12.4. The Bertz CT molecular complexity index is 1040. The fraction of sp³-hybridized carbons (Fsp3) is 0.222. The van der Waals surface area contributed by atoms with Gasteiger partial charge in [-0.2, -0.15) is 5.10 Å². The average Bonchev–Trinajstić information content (AvgIpc) is 3.32. The molecule has 2 heterocycles. The zero-order valence-corrected chi connectivity index (χ0v) is 17.0. The van der Waals surface area contributed by atoms with Crippen molar-refractivity contribution in [1.29, 1.82) is 0 Å². The number of ether oxygens (including phenoxy) is 1. The van der Waals surface area contributed by atoms with Crippen molar-refractivity contribution in [3.63, 3.8) is 0 Å². The van der Waals surface area contributed by atoms with Crippen LogP contribution in [0.3, 0.4) is 0 Å². The molecule has 148 valence electrons. The second-order valence-electron chi connectivity index (χ2n) is 5.91. The Morgan fingerprint density at radius 1 is 1.25 bits per heavy atom. The fourth-order valence-corrected chi connectivity index (χ4v) is 4.24. The van der Waals surface area contributed by atoms with Gasteiger partial charge in [-0.15, -0.1) is 11.3 Å². The standard InChI is InChI=1S/C18H20N4O4S2/c1-13-12-16(17-4-3-11-27-17)21-22(13)10-9-19-28(24,25)15-7-5-14(6-8-15)20-18(23)26-2/h3-8,11-12,19H,9-10H2,1-2H3,(H,20,23). The first-order chi connectivity index (χ1) is 13.4. The van der Waals surface area contributed by atoms with Gasteiger partial charge in [-0.05, 0) is 48.7 Å². The van der Waals surface area contributed by atoms with Crippen molar-refractivity contribution < 1.29 is 17.9 Å². The molecule has 0 fully saturated rings. The van der Waals surface area contributed by atoms with Crippen LogP contribution in [-0.2, 0) is 21.3 Å². The number of hydrogen-bond acceptors (Lipinski definition) is 6. The Morgan fingerprint density at radius 3 is 2.64 bits per heavy atom. The monoisotopic (exact) mass is 420 g/mol. The Hall–Kier alpha value is -2.69. The molecule has 0 spiro atoms. The summed E-state index contributed by atoms with van der Waals surface area (Å²) in [7, 11) is -2.41. The van der Waals surface area contributed by atoms with Crippen LogP contribution in [0, 0.1) is 6.92 Å². The number of anilines is 1. The van der Waals surface area contributed by atoms with E-state index in [1.165, 1.54) is 31.4 Å². The van der Waals surface area contributed by atoms with Gasteiger partial charge in [0.05, 0.1) is 23.4 Å². The average molecular weight is 421 g/mol. The number of aryl methyl sites for hydroxylation is 1. The van der Waals surface area contributed by atoms with E-state index in [1.54, 1.807) is 16.0 Å². The second-order valence-corrected chi connectivity index (χ2v) is 8.62. The molecule has 8 nitrogen and oxygen atoms in total. The van der Waals surface area contributed by atoms with Crippen LogP contribution in [0.25, 0.3) is 10.6 Å². The van der Waals surface area contributed by atoms with E-state index in [9.17, 15) is 13.2 Å². The first kappa shape index (κ1) is 20.1. The number of amides is 1. The van der Waals surface area contributed by atoms with Crippen LogP contribution in [-0.4, -0.2) is 37.9 Å². The molecule has 0 aliphatic carbocycles. The largest absolute Gasteiger partial charge is 0.453 e. The highest BCUT2D eigenvalue weighted by molar-refractivity contribution is 7.89. The topological polar surface area (TPSA) is 102 Å². The summed E-state index contributed by atoms with van der Waals surface area (Å²) in [5.41, 5.74) is 2.28. The molecule has 2 N–H and O–H groups in total.